The van der Waals surface area contributed by atoms with Crippen LogP contribution >= 0.6 is 0 Å². The number of anilines is 1. The largest absolute Gasteiger partial charge is 0.370 e. The number of rotatable bonds is 4. The predicted octanol–water partition coefficient (Wildman–Crippen LogP) is 0.971. The van der Waals surface area contributed by atoms with E-state index >= 15 is 0 Å². The second-order valence-electron chi connectivity index (χ2n) is 5.35. The number of nitrogens with zero attached hydrogens (tertiary/aromatic N) is 3. The van der Waals surface area contributed by atoms with Crippen molar-refractivity contribution in [3.63, 3.8) is 0 Å². The van der Waals surface area contributed by atoms with Crippen molar-refractivity contribution in [2.75, 3.05) is 23.7 Å². The van der Waals surface area contributed by atoms with Crippen molar-refractivity contribution in [3.05, 3.63) is 33.9 Å². The monoisotopic (exact) mass is 324 g/mol. The molecule has 1 aromatic rings. The molecule has 22 heavy (non-hydrogen) atoms. The lowest BCUT2D eigenvalue weighted by Gasteiger charge is -2.34. The number of benzene rings is 1. The molecule has 1 atom stereocenters. The summed E-state index contributed by atoms with van der Waals surface area (Å²) in [5.41, 5.74) is 0.663. The van der Waals surface area contributed by atoms with E-state index in [2.05, 4.69) is 0 Å². The SMILES string of the molecule is N#Cc1cc([N+](=O)[O-])ccc1N1CCCC(CS(N)(=O)=O)C1. The molecular formula is C13H16N4O4S. The van der Waals surface area contributed by atoms with Crippen molar-refractivity contribution < 1.29 is 13.3 Å². The fourth-order valence-electron chi connectivity index (χ4n) is 2.75. The Morgan fingerprint density at radius 1 is 1.50 bits per heavy atom. The van der Waals surface area contributed by atoms with Gasteiger partial charge in [0.25, 0.3) is 5.69 Å². The zero-order chi connectivity index (χ0) is 16.3. The Morgan fingerprint density at radius 2 is 2.23 bits per heavy atom. The zero-order valence-electron chi connectivity index (χ0n) is 11.8. The lowest BCUT2D eigenvalue weighted by Crippen LogP contribution is -2.39. The van der Waals surface area contributed by atoms with E-state index in [0.717, 1.165) is 12.8 Å². The lowest BCUT2D eigenvalue weighted by molar-refractivity contribution is -0.384. The molecule has 1 aliphatic heterocycles. The molecule has 0 bridgehead atoms. The average molecular weight is 324 g/mol. The first kappa shape index (κ1) is 16.2. The van der Waals surface area contributed by atoms with Gasteiger partial charge in [0.05, 0.1) is 21.9 Å². The molecule has 0 radical (unpaired) electrons. The normalized spacial score (nSPS) is 18.7. The van der Waals surface area contributed by atoms with Crippen LogP contribution < -0.4 is 10.0 Å². The third kappa shape index (κ3) is 3.93. The van der Waals surface area contributed by atoms with Gasteiger partial charge in [-0.2, -0.15) is 5.26 Å². The molecule has 0 amide bonds. The minimum absolute atomic E-state index is 0.0988. The smallest absolute Gasteiger partial charge is 0.270 e. The summed E-state index contributed by atoms with van der Waals surface area (Å²) in [6.07, 6.45) is 1.53. The number of non-ortho nitro benzene ring substituents is 1. The number of nitro benzene ring substituents is 1. The predicted molar refractivity (Wildman–Crippen MR) is 80.7 cm³/mol. The molecule has 8 nitrogen and oxygen atoms in total. The van der Waals surface area contributed by atoms with E-state index in [1.54, 1.807) is 0 Å². The maximum absolute atomic E-state index is 11.2. The van der Waals surface area contributed by atoms with E-state index in [9.17, 15) is 23.8 Å². The highest BCUT2D eigenvalue weighted by Crippen LogP contribution is 2.29. The number of nitro groups is 1. The van der Waals surface area contributed by atoms with Gasteiger partial charge in [-0.3, -0.25) is 10.1 Å². The summed E-state index contributed by atoms with van der Waals surface area (Å²) in [6.45, 7) is 1.14. The third-order valence-corrected chi connectivity index (χ3v) is 4.58. The number of piperidine rings is 1. The Bertz CT molecular complexity index is 726. The van der Waals surface area contributed by atoms with Gasteiger partial charge in [-0.25, -0.2) is 13.6 Å². The van der Waals surface area contributed by atoms with Crippen LogP contribution in [0.1, 0.15) is 18.4 Å². The summed E-state index contributed by atoms with van der Waals surface area (Å²) < 4.78 is 22.4. The highest BCUT2D eigenvalue weighted by atomic mass is 32.2. The second kappa shape index (κ2) is 6.29. The van der Waals surface area contributed by atoms with Gasteiger partial charge in [-0.1, -0.05) is 0 Å². The average Bonchev–Trinajstić information content (AvgIpc) is 2.45. The van der Waals surface area contributed by atoms with Crippen molar-refractivity contribution in [2.45, 2.75) is 12.8 Å². The van der Waals surface area contributed by atoms with Gasteiger partial charge in [0.1, 0.15) is 6.07 Å². The molecule has 118 valence electrons. The van der Waals surface area contributed by atoms with E-state index in [0.29, 0.717) is 18.8 Å². The summed E-state index contributed by atoms with van der Waals surface area (Å²) in [4.78, 5) is 12.1. The summed E-state index contributed by atoms with van der Waals surface area (Å²) in [5, 5.41) is 25.0. The third-order valence-electron chi connectivity index (χ3n) is 3.64. The summed E-state index contributed by atoms with van der Waals surface area (Å²) in [5.74, 6) is -0.205. The van der Waals surface area contributed by atoms with Crippen LogP contribution in [0.25, 0.3) is 0 Å². The number of nitriles is 1. The maximum Gasteiger partial charge on any atom is 0.270 e. The van der Waals surface area contributed by atoms with Crippen LogP contribution in [-0.4, -0.2) is 32.2 Å². The molecule has 1 aliphatic rings. The minimum Gasteiger partial charge on any atom is -0.370 e. The van der Waals surface area contributed by atoms with Crippen molar-refractivity contribution in [1.82, 2.24) is 0 Å². The van der Waals surface area contributed by atoms with Gasteiger partial charge < -0.3 is 4.90 Å². The molecule has 2 rings (SSSR count). The van der Waals surface area contributed by atoms with Gasteiger partial charge in [0.2, 0.25) is 10.0 Å². The van der Waals surface area contributed by atoms with Gasteiger partial charge in [0, 0.05) is 25.2 Å². The standard InChI is InChI=1S/C13H16N4O4S/c14-7-11-6-12(17(18)19)3-4-13(11)16-5-1-2-10(8-16)9-22(15,20)21/h3-4,6,10H,1-2,5,8-9H2,(H2,15,20,21). The quantitative estimate of drug-likeness (QED) is 0.648. The minimum atomic E-state index is -3.54. The van der Waals surface area contributed by atoms with Crippen molar-refractivity contribution in [3.8, 4) is 6.07 Å². The van der Waals surface area contributed by atoms with Gasteiger partial charge >= 0.3 is 0 Å². The summed E-state index contributed by atoms with van der Waals surface area (Å²) in [7, 11) is -3.54. The molecule has 0 aliphatic carbocycles. The fraction of sp³-hybridized carbons (Fsp3) is 0.462. The van der Waals surface area contributed by atoms with Gasteiger partial charge in [-0.15, -0.1) is 0 Å². The molecule has 1 aromatic carbocycles. The molecular weight excluding hydrogens is 308 g/mol. The first-order chi connectivity index (χ1) is 10.3. The molecule has 0 aromatic heterocycles. The molecule has 9 heteroatoms. The second-order valence-corrected chi connectivity index (χ2v) is 7.01. The summed E-state index contributed by atoms with van der Waals surface area (Å²) >= 11 is 0. The lowest BCUT2D eigenvalue weighted by atomic mass is 9.98. The van der Waals surface area contributed by atoms with Crippen LogP contribution in [0.3, 0.4) is 0 Å². The maximum atomic E-state index is 11.2. The van der Waals surface area contributed by atoms with E-state index in [1.807, 2.05) is 11.0 Å². The first-order valence-corrected chi connectivity index (χ1v) is 8.45. The number of hydrogen-bond donors (Lipinski definition) is 1. The molecule has 1 heterocycles. The molecule has 1 fully saturated rings. The van der Waals surface area contributed by atoms with Crippen molar-refractivity contribution >= 4 is 21.4 Å². The highest BCUT2D eigenvalue weighted by molar-refractivity contribution is 7.89. The van der Waals surface area contributed by atoms with E-state index in [4.69, 9.17) is 5.14 Å². The molecule has 0 saturated carbocycles. The van der Waals surface area contributed by atoms with Crippen molar-refractivity contribution in [2.24, 2.45) is 11.1 Å². The van der Waals surface area contributed by atoms with Crippen LogP contribution in [0.2, 0.25) is 0 Å². The van der Waals surface area contributed by atoms with Crippen LogP contribution in [0, 0.1) is 27.4 Å². The van der Waals surface area contributed by atoms with Crippen LogP contribution in [-0.2, 0) is 10.0 Å². The van der Waals surface area contributed by atoms with Crippen LogP contribution in [0.4, 0.5) is 11.4 Å². The van der Waals surface area contributed by atoms with Crippen LogP contribution in [0.15, 0.2) is 18.2 Å². The van der Waals surface area contributed by atoms with E-state index in [1.165, 1.54) is 18.2 Å². The Hall–Kier alpha value is -2.18. The number of sulfonamides is 1. The fourth-order valence-corrected chi connectivity index (χ4v) is 3.68. The Morgan fingerprint density at radius 3 is 2.82 bits per heavy atom. The summed E-state index contributed by atoms with van der Waals surface area (Å²) in [6, 6.07) is 6.08. The van der Waals surface area contributed by atoms with Crippen LogP contribution in [0.5, 0.6) is 0 Å². The Balaban J connectivity index is 2.24. The van der Waals surface area contributed by atoms with E-state index in [-0.39, 0.29) is 22.9 Å². The topological polar surface area (TPSA) is 130 Å². The van der Waals surface area contributed by atoms with Gasteiger partial charge in [-0.05, 0) is 24.8 Å². The first-order valence-electron chi connectivity index (χ1n) is 6.74. The van der Waals surface area contributed by atoms with Crippen molar-refractivity contribution in [1.29, 1.82) is 5.26 Å². The number of nitrogens with two attached hydrogens (primary N) is 1. The number of primary sulfonamides is 1. The Labute approximate surface area is 128 Å². The zero-order valence-corrected chi connectivity index (χ0v) is 12.6. The Kier molecular flexibility index (Phi) is 4.63. The molecule has 1 saturated heterocycles. The molecule has 2 N–H and O–H groups in total. The van der Waals surface area contributed by atoms with Gasteiger partial charge in [0.15, 0.2) is 0 Å². The highest BCUT2D eigenvalue weighted by Gasteiger charge is 2.25. The molecule has 0 spiro atoms. The number of hydrogen-bond acceptors (Lipinski definition) is 6. The van der Waals surface area contributed by atoms with E-state index < -0.39 is 14.9 Å². The molecule has 1 unspecified atom stereocenters.